The summed E-state index contributed by atoms with van der Waals surface area (Å²) in [5.74, 6) is 0. The molecule has 0 fully saturated rings. The lowest BCUT2D eigenvalue weighted by atomic mass is 10.1. The number of rotatable bonds is 2. The first-order valence-corrected chi connectivity index (χ1v) is 6.22. The SMILES string of the molecule is Cc1nn(C)c(CN)c1-c1ccc(Br)s1. The van der Waals surface area contributed by atoms with Gasteiger partial charge in [-0.1, -0.05) is 0 Å². The van der Waals surface area contributed by atoms with E-state index in [1.807, 2.05) is 24.7 Å². The number of halogens is 1. The topological polar surface area (TPSA) is 43.8 Å². The fourth-order valence-corrected chi connectivity index (χ4v) is 3.21. The Morgan fingerprint density at radius 3 is 2.80 bits per heavy atom. The maximum atomic E-state index is 5.74. The predicted octanol–water partition coefficient (Wildman–Crippen LogP) is 2.68. The van der Waals surface area contributed by atoms with Crippen molar-refractivity contribution in [2.24, 2.45) is 12.8 Å². The third-order valence-electron chi connectivity index (χ3n) is 2.35. The van der Waals surface area contributed by atoms with E-state index in [2.05, 4.69) is 27.1 Å². The summed E-state index contributed by atoms with van der Waals surface area (Å²) in [5, 5.41) is 4.40. The predicted molar refractivity (Wildman–Crippen MR) is 66.8 cm³/mol. The van der Waals surface area contributed by atoms with Gasteiger partial charge >= 0.3 is 0 Å². The summed E-state index contributed by atoms with van der Waals surface area (Å²) < 4.78 is 2.99. The summed E-state index contributed by atoms with van der Waals surface area (Å²) >= 11 is 5.17. The van der Waals surface area contributed by atoms with Crippen LogP contribution >= 0.6 is 27.3 Å². The minimum Gasteiger partial charge on any atom is -0.325 e. The number of aromatic nitrogens is 2. The van der Waals surface area contributed by atoms with Gasteiger partial charge in [0.2, 0.25) is 0 Å². The fraction of sp³-hybridized carbons (Fsp3) is 0.300. The van der Waals surface area contributed by atoms with Crippen LogP contribution < -0.4 is 5.73 Å². The molecule has 2 heterocycles. The second-order valence-corrected chi connectivity index (χ2v) is 5.80. The van der Waals surface area contributed by atoms with Gasteiger partial charge < -0.3 is 5.73 Å². The Labute approximate surface area is 101 Å². The van der Waals surface area contributed by atoms with Crippen molar-refractivity contribution in [3.63, 3.8) is 0 Å². The van der Waals surface area contributed by atoms with Gasteiger partial charge in [-0.3, -0.25) is 4.68 Å². The lowest BCUT2D eigenvalue weighted by Crippen LogP contribution is -2.05. The van der Waals surface area contributed by atoms with Crippen LogP contribution in [0.3, 0.4) is 0 Å². The van der Waals surface area contributed by atoms with Crippen LogP contribution in [-0.4, -0.2) is 9.78 Å². The van der Waals surface area contributed by atoms with Gasteiger partial charge in [-0.05, 0) is 35.0 Å². The smallest absolute Gasteiger partial charge is 0.0705 e. The Kier molecular flexibility index (Phi) is 2.95. The molecule has 0 saturated carbocycles. The first kappa shape index (κ1) is 10.9. The van der Waals surface area contributed by atoms with Crippen LogP contribution in [0.4, 0.5) is 0 Å². The number of nitrogens with two attached hydrogens (primary N) is 1. The number of hydrogen-bond donors (Lipinski definition) is 1. The molecule has 5 heteroatoms. The molecule has 0 unspecified atom stereocenters. The zero-order chi connectivity index (χ0) is 11.0. The Hall–Kier alpha value is -0.650. The van der Waals surface area contributed by atoms with E-state index in [4.69, 9.17) is 5.73 Å². The highest BCUT2D eigenvalue weighted by atomic mass is 79.9. The summed E-state index contributed by atoms with van der Waals surface area (Å²) in [6.07, 6.45) is 0. The first-order chi connectivity index (χ1) is 7.13. The molecule has 2 aromatic heterocycles. The lowest BCUT2D eigenvalue weighted by Gasteiger charge is -2.00. The Morgan fingerprint density at radius 1 is 1.53 bits per heavy atom. The van der Waals surface area contributed by atoms with Crippen molar-refractivity contribution in [3.05, 3.63) is 27.3 Å². The van der Waals surface area contributed by atoms with Crippen molar-refractivity contribution in [2.45, 2.75) is 13.5 Å². The molecule has 0 aromatic carbocycles. The van der Waals surface area contributed by atoms with Gasteiger partial charge in [0.05, 0.1) is 15.2 Å². The normalized spacial score (nSPS) is 10.9. The summed E-state index contributed by atoms with van der Waals surface area (Å²) in [7, 11) is 1.93. The minimum atomic E-state index is 0.516. The number of hydrogen-bond acceptors (Lipinski definition) is 3. The number of aryl methyl sites for hydroxylation is 2. The summed E-state index contributed by atoms with van der Waals surface area (Å²) in [5.41, 5.74) is 9.04. The maximum Gasteiger partial charge on any atom is 0.0705 e. The van der Waals surface area contributed by atoms with Gasteiger partial charge in [0, 0.05) is 24.0 Å². The van der Waals surface area contributed by atoms with Gasteiger partial charge in [-0.15, -0.1) is 11.3 Å². The minimum absolute atomic E-state index is 0.516. The van der Waals surface area contributed by atoms with Crippen LogP contribution in [-0.2, 0) is 13.6 Å². The Balaban J connectivity index is 2.61. The lowest BCUT2D eigenvalue weighted by molar-refractivity contribution is 0.706. The van der Waals surface area contributed by atoms with Gasteiger partial charge in [-0.2, -0.15) is 5.10 Å². The van der Waals surface area contributed by atoms with Gasteiger partial charge in [0.25, 0.3) is 0 Å². The van der Waals surface area contributed by atoms with Crippen LogP contribution in [0.5, 0.6) is 0 Å². The highest BCUT2D eigenvalue weighted by molar-refractivity contribution is 9.11. The summed E-state index contributed by atoms with van der Waals surface area (Å²) in [6.45, 7) is 2.53. The third kappa shape index (κ3) is 1.87. The molecule has 0 radical (unpaired) electrons. The number of nitrogens with zero attached hydrogens (tertiary/aromatic N) is 2. The van der Waals surface area contributed by atoms with Crippen molar-refractivity contribution in [3.8, 4) is 10.4 Å². The van der Waals surface area contributed by atoms with Crippen LogP contribution in [0.1, 0.15) is 11.4 Å². The molecule has 3 nitrogen and oxygen atoms in total. The molecule has 0 amide bonds. The molecule has 0 atom stereocenters. The zero-order valence-corrected chi connectivity index (χ0v) is 11.0. The van der Waals surface area contributed by atoms with Crippen molar-refractivity contribution in [1.82, 2.24) is 9.78 Å². The summed E-state index contributed by atoms with van der Waals surface area (Å²) in [6, 6.07) is 4.14. The Bertz CT molecular complexity index is 487. The molecule has 2 aromatic rings. The zero-order valence-electron chi connectivity index (χ0n) is 8.62. The monoisotopic (exact) mass is 285 g/mol. The average Bonchev–Trinajstić information content (AvgIpc) is 2.70. The second kappa shape index (κ2) is 4.08. The molecule has 2 rings (SSSR count). The van der Waals surface area contributed by atoms with E-state index in [-0.39, 0.29) is 0 Å². The molecule has 2 N–H and O–H groups in total. The van der Waals surface area contributed by atoms with Crippen molar-refractivity contribution in [2.75, 3.05) is 0 Å². The van der Waals surface area contributed by atoms with Gasteiger partial charge in [0.1, 0.15) is 0 Å². The molecular weight excluding hydrogens is 274 g/mol. The molecular formula is C10H12BrN3S. The molecule has 0 saturated heterocycles. The molecule has 0 spiro atoms. The van der Waals surface area contributed by atoms with E-state index in [1.54, 1.807) is 11.3 Å². The van der Waals surface area contributed by atoms with E-state index in [1.165, 1.54) is 10.4 Å². The largest absolute Gasteiger partial charge is 0.325 e. The van der Waals surface area contributed by atoms with Crippen LogP contribution in [0, 0.1) is 6.92 Å². The molecule has 0 aliphatic carbocycles. The Morgan fingerprint density at radius 2 is 2.27 bits per heavy atom. The molecule has 0 aliphatic rings. The molecule has 0 bridgehead atoms. The highest BCUT2D eigenvalue weighted by Gasteiger charge is 2.15. The van der Waals surface area contributed by atoms with Crippen LogP contribution in [0.15, 0.2) is 15.9 Å². The fourth-order valence-electron chi connectivity index (χ4n) is 1.71. The standard InChI is InChI=1S/C10H12BrN3S/c1-6-10(7(5-12)14(2)13-6)8-3-4-9(11)15-8/h3-4H,5,12H2,1-2H3. The highest BCUT2D eigenvalue weighted by Crippen LogP contribution is 2.34. The van der Waals surface area contributed by atoms with E-state index in [9.17, 15) is 0 Å². The van der Waals surface area contributed by atoms with E-state index in [0.29, 0.717) is 6.54 Å². The van der Waals surface area contributed by atoms with E-state index < -0.39 is 0 Å². The van der Waals surface area contributed by atoms with Crippen molar-refractivity contribution >= 4 is 27.3 Å². The number of thiophene rings is 1. The average molecular weight is 286 g/mol. The van der Waals surface area contributed by atoms with Crippen LogP contribution in [0.2, 0.25) is 0 Å². The second-order valence-electron chi connectivity index (χ2n) is 3.34. The maximum absolute atomic E-state index is 5.74. The van der Waals surface area contributed by atoms with Gasteiger partial charge in [-0.25, -0.2) is 0 Å². The van der Waals surface area contributed by atoms with Crippen molar-refractivity contribution < 1.29 is 0 Å². The first-order valence-electron chi connectivity index (χ1n) is 4.61. The van der Waals surface area contributed by atoms with Crippen LogP contribution in [0.25, 0.3) is 10.4 Å². The van der Waals surface area contributed by atoms with E-state index >= 15 is 0 Å². The molecule has 0 aliphatic heterocycles. The summed E-state index contributed by atoms with van der Waals surface area (Å²) in [4.78, 5) is 1.22. The molecule has 80 valence electrons. The molecule has 15 heavy (non-hydrogen) atoms. The quantitative estimate of drug-likeness (QED) is 0.922. The van der Waals surface area contributed by atoms with E-state index in [0.717, 1.165) is 15.2 Å². The third-order valence-corrected chi connectivity index (χ3v) is 4.00. The van der Waals surface area contributed by atoms with Crippen molar-refractivity contribution in [1.29, 1.82) is 0 Å². The van der Waals surface area contributed by atoms with Gasteiger partial charge in [0.15, 0.2) is 0 Å².